The van der Waals surface area contributed by atoms with Gasteiger partial charge in [0, 0.05) is 5.56 Å². The van der Waals surface area contributed by atoms with Crippen molar-refractivity contribution in [2.75, 3.05) is 0 Å². The van der Waals surface area contributed by atoms with Crippen molar-refractivity contribution in [2.24, 2.45) is 0 Å². The lowest BCUT2D eigenvalue weighted by Gasteiger charge is -2.05. The van der Waals surface area contributed by atoms with E-state index in [1.807, 2.05) is 32.9 Å². The van der Waals surface area contributed by atoms with Crippen LogP contribution in [0.2, 0.25) is 0 Å². The molecule has 1 aromatic carbocycles. The minimum atomic E-state index is -0.388. The Morgan fingerprint density at radius 3 is 1.92 bits per heavy atom. The predicted molar refractivity (Wildman–Crippen MR) is 50.8 cm³/mol. The fourth-order valence-electron chi connectivity index (χ4n) is 1.15. The summed E-state index contributed by atoms with van der Waals surface area (Å²) < 4.78 is 0. The molecule has 1 aromatic rings. The molecule has 1 rings (SSSR count). The van der Waals surface area contributed by atoms with Crippen molar-refractivity contribution in [3.8, 4) is 0 Å². The van der Waals surface area contributed by atoms with E-state index >= 15 is 0 Å². The lowest BCUT2D eigenvalue weighted by atomic mass is 10.0. The number of hydrogen-bond donors (Lipinski definition) is 0. The highest BCUT2D eigenvalue weighted by atomic mass is 35.5. The van der Waals surface area contributed by atoms with E-state index in [0.29, 0.717) is 5.56 Å². The van der Waals surface area contributed by atoms with E-state index < -0.39 is 0 Å². The van der Waals surface area contributed by atoms with Crippen LogP contribution in [-0.4, -0.2) is 5.24 Å². The van der Waals surface area contributed by atoms with Gasteiger partial charge in [-0.25, -0.2) is 0 Å². The van der Waals surface area contributed by atoms with Crippen LogP contribution in [0.4, 0.5) is 0 Å². The first-order valence-corrected chi connectivity index (χ1v) is 4.18. The maximum atomic E-state index is 10.8. The van der Waals surface area contributed by atoms with E-state index in [0.717, 1.165) is 11.1 Å². The molecular weight excluding hydrogens is 172 g/mol. The maximum absolute atomic E-state index is 10.8. The third-order valence-electron chi connectivity index (χ3n) is 2.15. The van der Waals surface area contributed by atoms with Crippen LogP contribution in [-0.2, 0) is 0 Å². The number of halogens is 1. The highest BCUT2D eigenvalue weighted by Crippen LogP contribution is 2.16. The molecule has 0 amide bonds. The van der Waals surface area contributed by atoms with Gasteiger partial charge in [-0.15, -0.1) is 0 Å². The Kier molecular flexibility index (Phi) is 2.53. The van der Waals surface area contributed by atoms with Gasteiger partial charge in [0.05, 0.1) is 0 Å². The molecule has 0 spiro atoms. The van der Waals surface area contributed by atoms with E-state index in [1.165, 1.54) is 5.56 Å². The Hall–Kier alpha value is -0.820. The summed E-state index contributed by atoms with van der Waals surface area (Å²) in [6.45, 7) is 5.99. The van der Waals surface area contributed by atoms with Gasteiger partial charge in [-0.1, -0.05) is 0 Å². The van der Waals surface area contributed by atoms with Gasteiger partial charge >= 0.3 is 0 Å². The van der Waals surface area contributed by atoms with Crippen LogP contribution in [0, 0.1) is 20.8 Å². The zero-order valence-corrected chi connectivity index (χ0v) is 8.20. The third-order valence-corrected chi connectivity index (χ3v) is 2.37. The Morgan fingerprint density at radius 1 is 1.17 bits per heavy atom. The average Bonchev–Trinajstić information content (AvgIpc) is 1.99. The molecule has 0 aromatic heterocycles. The van der Waals surface area contributed by atoms with Gasteiger partial charge in [-0.05, 0) is 61.2 Å². The second-order valence-corrected chi connectivity index (χ2v) is 3.35. The van der Waals surface area contributed by atoms with Gasteiger partial charge in [0.25, 0.3) is 5.24 Å². The van der Waals surface area contributed by atoms with E-state index in [2.05, 4.69) is 0 Å². The van der Waals surface area contributed by atoms with Crippen molar-refractivity contribution in [2.45, 2.75) is 20.8 Å². The molecule has 0 radical (unpaired) electrons. The molecule has 0 bridgehead atoms. The summed E-state index contributed by atoms with van der Waals surface area (Å²) in [7, 11) is 0. The fourth-order valence-corrected chi connectivity index (χ4v) is 1.26. The summed E-state index contributed by atoms with van der Waals surface area (Å²) in [5.74, 6) is 0. The largest absolute Gasteiger partial charge is 0.276 e. The quantitative estimate of drug-likeness (QED) is 0.611. The summed E-state index contributed by atoms with van der Waals surface area (Å²) in [5.41, 5.74) is 4.02. The molecule has 2 heteroatoms. The van der Waals surface area contributed by atoms with E-state index in [4.69, 9.17) is 11.6 Å². The standard InChI is InChI=1S/C10H11ClO/c1-6-4-9(10(11)12)5-7(2)8(6)3/h4-5H,1-3H3. The summed E-state index contributed by atoms with van der Waals surface area (Å²) in [5, 5.41) is -0.388. The molecular formula is C10H11ClO. The molecule has 64 valence electrons. The van der Waals surface area contributed by atoms with Gasteiger partial charge in [0.2, 0.25) is 0 Å². The Bertz CT molecular complexity index is 306. The van der Waals surface area contributed by atoms with Crippen molar-refractivity contribution in [1.29, 1.82) is 0 Å². The number of carbonyl (C=O) groups is 1. The van der Waals surface area contributed by atoms with Gasteiger partial charge in [-0.2, -0.15) is 0 Å². The molecule has 0 saturated heterocycles. The van der Waals surface area contributed by atoms with Gasteiger partial charge < -0.3 is 0 Å². The first-order chi connectivity index (χ1) is 5.52. The van der Waals surface area contributed by atoms with Crippen molar-refractivity contribution in [1.82, 2.24) is 0 Å². The van der Waals surface area contributed by atoms with Crippen LogP contribution in [0.5, 0.6) is 0 Å². The Morgan fingerprint density at radius 2 is 1.58 bits per heavy atom. The molecule has 0 aliphatic carbocycles. The van der Waals surface area contributed by atoms with Crippen LogP contribution in [0.1, 0.15) is 27.0 Å². The highest BCUT2D eigenvalue weighted by Gasteiger charge is 2.05. The average molecular weight is 183 g/mol. The lowest BCUT2D eigenvalue weighted by Crippen LogP contribution is -1.94. The number of carbonyl (C=O) groups excluding carboxylic acids is 1. The first-order valence-electron chi connectivity index (χ1n) is 3.80. The normalized spacial score (nSPS) is 10.0. The molecule has 0 N–H and O–H groups in total. The fraction of sp³-hybridized carbons (Fsp3) is 0.300. The number of benzene rings is 1. The molecule has 0 unspecified atom stereocenters. The maximum Gasteiger partial charge on any atom is 0.252 e. The molecule has 0 aliphatic heterocycles. The van der Waals surface area contributed by atoms with Crippen LogP contribution < -0.4 is 0 Å². The van der Waals surface area contributed by atoms with E-state index in [1.54, 1.807) is 0 Å². The smallest absolute Gasteiger partial charge is 0.252 e. The van der Waals surface area contributed by atoms with Gasteiger partial charge in [-0.3, -0.25) is 4.79 Å². The summed E-state index contributed by atoms with van der Waals surface area (Å²) in [6.07, 6.45) is 0. The second kappa shape index (κ2) is 3.28. The van der Waals surface area contributed by atoms with Crippen molar-refractivity contribution < 1.29 is 4.79 Å². The number of rotatable bonds is 1. The predicted octanol–water partition coefficient (Wildman–Crippen LogP) is 2.99. The highest BCUT2D eigenvalue weighted by molar-refractivity contribution is 6.67. The topological polar surface area (TPSA) is 17.1 Å². The lowest BCUT2D eigenvalue weighted by molar-refractivity contribution is 0.108. The molecule has 1 nitrogen and oxygen atoms in total. The van der Waals surface area contributed by atoms with Crippen molar-refractivity contribution in [3.63, 3.8) is 0 Å². The first kappa shape index (κ1) is 9.27. The van der Waals surface area contributed by atoms with Crippen LogP contribution in [0.25, 0.3) is 0 Å². The summed E-state index contributed by atoms with van der Waals surface area (Å²) >= 11 is 5.36. The third kappa shape index (κ3) is 1.67. The zero-order valence-electron chi connectivity index (χ0n) is 7.44. The van der Waals surface area contributed by atoms with Crippen LogP contribution in [0.15, 0.2) is 12.1 Å². The summed E-state index contributed by atoms with van der Waals surface area (Å²) in [4.78, 5) is 10.8. The molecule has 0 fully saturated rings. The van der Waals surface area contributed by atoms with Crippen LogP contribution in [0.3, 0.4) is 0 Å². The Balaban J connectivity index is 3.31. The SMILES string of the molecule is Cc1cc(C(=O)Cl)cc(C)c1C. The molecule has 0 heterocycles. The summed E-state index contributed by atoms with van der Waals surface area (Å²) in [6, 6.07) is 3.63. The zero-order chi connectivity index (χ0) is 9.30. The monoisotopic (exact) mass is 182 g/mol. The number of aryl methyl sites for hydroxylation is 2. The van der Waals surface area contributed by atoms with Gasteiger partial charge in [0.1, 0.15) is 0 Å². The minimum Gasteiger partial charge on any atom is -0.276 e. The van der Waals surface area contributed by atoms with Crippen molar-refractivity contribution in [3.05, 3.63) is 34.4 Å². The van der Waals surface area contributed by atoms with E-state index in [-0.39, 0.29) is 5.24 Å². The second-order valence-electron chi connectivity index (χ2n) is 3.01. The Labute approximate surface area is 77.4 Å². The van der Waals surface area contributed by atoms with Gasteiger partial charge in [0.15, 0.2) is 0 Å². The van der Waals surface area contributed by atoms with Crippen molar-refractivity contribution >= 4 is 16.8 Å². The molecule has 0 aliphatic rings. The number of hydrogen-bond acceptors (Lipinski definition) is 1. The molecule has 0 atom stereocenters. The molecule has 12 heavy (non-hydrogen) atoms. The minimum absolute atomic E-state index is 0.388. The van der Waals surface area contributed by atoms with Crippen LogP contribution >= 0.6 is 11.6 Å². The molecule has 0 saturated carbocycles. The van der Waals surface area contributed by atoms with E-state index in [9.17, 15) is 4.79 Å².